The summed E-state index contributed by atoms with van der Waals surface area (Å²) in [6.45, 7) is 0. The van der Waals surface area contributed by atoms with Crippen LogP contribution in [0.3, 0.4) is 0 Å². The quantitative estimate of drug-likeness (QED) is 0.596. The lowest BCUT2D eigenvalue weighted by Crippen LogP contribution is -2.35. The fourth-order valence-corrected chi connectivity index (χ4v) is 1.30. The average molecular weight is 231 g/mol. The Morgan fingerprint density at radius 2 is 1.82 bits per heavy atom. The lowest BCUT2D eigenvalue weighted by atomic mass is 10.3. The maximum absolute atomic E-state index is 11.6. The molecule has 1 aromatic heterocycles. The third-order valence-electron chi connectivity index (χ3n) is 1.99. The minimum absolute atomic E-state index is 0.123. The minimum Gasteiger partial charge on any atom is -0.287 e. The minimum atomic E-state index is -0.748. The van der Waals surface area contributed by atoms with Gasteiger partial charge in [0.05, 0.1) is 5.69 Å². The molecule has 2 N–H and O–H groups in total. The molecule has 86 valence electrons. The predicted molar refractivity (Wildman–Crippen MR) is 58.7 cm³/mol. The fourth-order valence-electron chi connectivity index (χ4n) is 1.30. The Kier molecular flexibility index (Phi) is 3.22. The van der Waals surface area contributed by atoms with E-state index in [0.29, 0.717) is 5.69 Å². The molecular weight excluding hydrogens is 222 g/mol. The molecule has 0 bridgehead atoms. The standard InChI is InChI=1S/C10H9N5O2/c16-10(14-17)15(8-4-2-1-3-5-8)9-12-6-11-7-13-9/h1-7,17H,(H,14,16). The number of aromatic nitrogens is 3. The number of anilines is 2. The van der Waals surface area contributed by atoms with E-state index in [2.05, 4.69) is 15.0 Å². The van der Waals surface area contributed by atoms with Crippen LogP contribution in [-0.4, -0.2) is 26.2 Å². The molecule has 0 aliphatic carbocycles. The van der Waals surface area contributed by atoms with Gasteiger partial charge in [0.15, 0.2) is 0 Å². The first-order chi connectivity index (χ1) is 8.33. The lowest BCUT2D eigenvalue weighted by molar-refractivity contribution is 0.168. The molecule has 0 unspecified atom stereocenters. The number of hydroxylamine groups is 1. The zero-order valence-corrected chi connectivity index (χ0v) is 8.69. The fraction of sp³-hybridized carbons (Fsp3) is 0. The largest absolute Gasteiger partial charge is 0.352 e. The molecule has 2 amide bonds. The number of amides is 2. The molecule has 7 nitrogen and oxygen atoms in total. The van der Waals surface area contributed by atoms with Gasteiger partial charge in [-0.3, -0.25) is 5.21 Å². The summed E-state index contributed by atoms with van der Waals surface area (Å²) in [6.07, 6.45) is 2.53. The lowest BCUT2D eigenvalue weighted by Gasteiger charge is -2.18. The Morgan fingerprint density at radius 3 is 2.41 bits per heavy atom. The van der Waals surface area contributed by atoms with Crippen LogP contribution in [0.1, 0.15) is 0 Å². The molecule has 0 aliphatic rings. The first-order valence-corrected chi connectivity index (χ1v) is 4.74. The number of nitrogens with zero attached hydrogens (tertiary/aromatic N) is 4. The van der Waals surface area contributed by atoms with Gasteiger partial charge >= 0.3 is 6.03 Å². The highest BCUT2D eigenvalue weighted by atomic mass is 16.5. The normalized spacial score (nSPS) is 9.71. The molecule has 1 aromatic carbocycles. The van der Waals surface area contributed by atoms with Crippen LogP contribution in [-0.2, 0) is 0 Å². The van der Waals surface area contributed by atoms with Crippen LogP contribution in [0, 0.1) is 0 Å². The summed E-state index contributed by atoms with van der Waals surface area (Å²) in [6, 6.07) is 7.97. The summed E-state index contributed by atoms with van der Waals surface area (Å²) < 4.78 is 0. The van der Waals surface area contributed by atoms with Gasteiger partial charge < -0.3 is 0 Å². The summed E-state index contributed by atoms with van der Waals surface area (Å²) in [4.78, 5) is 24.1. The Balaban J connectivity index is 2.43. The third kappa shape index (κ3) is 2.34. The van der Waals surface area contributed by atoms with Gasteiger partial charge in [0, 0.05) is 0 Å². The highest BCUT2D eigenvalue weighted by Gasteiger charge is 2.19. The van der Waals surface area contributed by atoms with Crippen molar-refractivity contribution in [2.45, 2.75) is 0 Å². The first kappa shape index (κ1) is 11.0. The van der Waals surface area contributed by atoms with E-state index >= 15 is 0 Å². The average Bonchev–Trinajstić information content (AvgIpc) is 2.41. The van der Waals surface area contributed by atoms with Crippen molar-refractivity contribution >= 4 is 17.7 Å². The number of benzene rings is 1. The van der Waals surface area contributed by atoms with Crippen LogP contribution in [0.2, 0.25) is 0 Å². The third-order valence-corrected chi connectivity index (χ3v) is 1.99. The second-order valence-corrected chi connectivity index (χ2v) is 3.03. The summed E-state index contributed by atoms with van der Waals surface area (Å²) in [5.74, 6) is 0.123. The SMILES string of the molecule is O=C(NO)N(c1ccccc1)c1ncncn1. The summed E-state index contributed by atoms with van der Waals surface area (Å²) in [5, 5.41) is 8.72. The van der Waals surface area contributed by atoms with Crippen LogP contribution in [0.25, 0.3) is 0 Å². The number of carbonyl (C=O) groups excluding carboxylic acids is 1. The van der Waals surface area contributed by atoms with Crippen molar-refractivity contribution in [1.29, 1.82) is 0 Å². The molecule has 0 saturated heterocycles. The molecule has 2 rings (SSSR count). The highest BCUT2D eigenvalue weighted by Crippen LogP contribution is 2.20. The van der Waals surface area contributed by atoms with E-state index in [4.69, 9.17) is 5.21 Å². The van der Waals surface area contributed by atoms with Gasteiger partial charge in [-0.05, 0) is 12.1 Å². The molecule has 0 radical (unpaired) electrons. The molecular formula is C10H9N5O2. The number of rotatable bonds is 2. The van der Waals surface area contributed by atoms with Gasteiger partial charge in [-0.15, -0.1) is 0 Å². The van der Waals surface area contributed by atoms with Gasteiger partial charge in [0.1, 0.15) is 12.7 Å². The molecule has 17 heavy (non-hydrogen) atoms. The van der Waals surface area contributed by atoms with Crippen molar-refractivity contribution in [3.63, 3.8) is 0 Å². The van der Waals surface area contributed by atoms with Crippen molar-refractivity contribution in [2.24, 2.45) is 0 Å². The van der Waals surface area contributed by atoms with Crippen molar-refractivity contribution in [1.82, 2.24) is 20.4 Å². The van der Waals surface area contributed by atoms with Crippen LogP contribution < -0.4 is 10.4 Å². The molecule has 0 spiro atoms. The Morgan fingerprint density at radius 1 is 1.18 bits per heavy atom. The Bertz CT molecular complexity index is 451. The van der Waals surface area contributed by atoms with Gasteiger partial charge in [-0.1, -0.05) is 18.2 Å². The second kappa shape index (κ2) is 4.99. The zero-order chi connectivity index (χ0) is 12.1. The number of carbonyl (C=O) groups is 1. The summed E-state index contributed by atoms with van der Waals surface area (Å²) in [7, 11) is 0. The molecule has 0 aliphatic heterocycles. The summed E-state index contributed by atoms with van der Waals surface area (Å²) in [5.41, 5.74) is 2.08. The first-order valence-electron chi connectivity index (χ1n) is 4.74. The van der Waals surface area contributed by atoms with E-state index in [9.17, 15) is 4.79 Å². The van der Waals surface area contributed by atoms with Gasteiger partial charge in [0.2, 0.25) is 5.95 Å². The van der Waals surface area contributed by atoms with E-state index in [-0.39, 0.29) is 5.95 Å². The van der Waals surface area contributed by atoms with Crippen molar-refractivity contribution in [3.05, 3.63) is 43.0 Å². The number of urea groups is 1. The highest BCUT2D eigenvalue weighted by molar-refractivity contribution is 5.96. The predicted octanol–water partition coefficient (Wildman–Crippen LogP) is 1.11. The Hall–Kier alpha value is -2.54. The molecule has 7 heteroatoms. The van der Waals surface area contributed by atoms with Crippen molar-refractivity contribution in [3.8, 4) is 0 Å². The van der Waals surface area contributed by atoms with Gasteiger partial charge in [-0.25, -0.2) is 30.1 Å². The number of para-hydroxylation sites is 1. The molecule has 0 saturated carbocycles. The molecule has 0 atom stereocenters. The number of hydrogen-bond acceptors (Lipinski definition) is 5. The monoisotopic (exact) mass is 231 g/mol. The van der Waals surface area contributed by atoms with E-state index in [1.165, 1.54) is 12.7 Å². The van der Waals surface area contributed by atoms with Crippen molar-refractivity contribution in [2.75, 3.05) is 4.90 Å². The van der Waals surface area contributed by atoms with Gasteiger partial charge in [0.25, 0.3) is 0 Å². The van der Waals surface area contributed by atoms with E-state index in [0.717, 1.165) is 4.90 Å². The van der Waals surface area contributed by atoms with Crippen LogP contribution >= 0.6 is 0 Å². The molecule has 1 heterocycles. The van der Waals surface area contributed by atoms with Crippen LogP contribution in [0.4, 0.5) is 16.4 Å². The second-order valence-electron chi connectivity index (χ2n) is 3.03. The molecule has 0 fully saturated rings. The molecule has 2 aromatic rings. The van der Waals surface area contributed by atoms with E-state index < -0.39 is 6.03 Å². The van der Waals surface area contributed by atoms with Gasteiger partial charge in [-0.2, -0.15) is 0 Å². The number of nitrogens with one attached hydrogen (secondary N) is 1. The smallest absolute Gasteiger partial charge is 0.287 e. The van der Waals surface area contributed by atoms with Crippen LogP contribution in [0.5, 0.6) is 0 Å². The summed E-state index contributed by atoms with van der Waals surface area (Å²) >= 11 is 0. The number of hydrogen-bond donors (Lipinski definition) is 2. The zero-order valence-electron chi connectivity index (χ0n) is 8.69. The topological polar surface area (TPSA) is 91.2 Å². The maximum atomic E-state index is 11.6. The van der Waals surface area contributed by atoms with Crippen molar-refractivity contribution < 1.29 is 10.0 Å². The van der Waals surface area contributed by atoms with E-state index in [1.54, 1.807) is 29.7 Å². The Labute approximate surface area is 96.7 Å². The maximum Gasteiger partial charge on any atom is 0.352 e. The van der Waals surface area contributed by atoms with Crippen LogP contribution in [0.15, 0.2) is 43.0 Å². The van der Waals surface area contributed by atoms with E-state index in [1.807, 2.05) is 6.07 Å².